The van der Waals surface area contributed by atoms with Gasteiger partial charge in [-0.15, -0.1) is 0 Å². The van der Waals surface area contributed by atoms with Crippen molar-refractivity contribution in [2.24, 2.45) is 5.10 Å². The van der Waals surface area contributed by atoms with E-state index in [1.807, 2.05) is 6.07 Å². The van der Waals surface area contributed by atoms with Crippen LogP contribution in [0.3, 0.4) is 0 Å². The highest BCUT2D eigenvalue weighted by Crippen LogP contribution is 2.08. The van der Waals surface area contributed by atoms with Gasteiger partial charge in [0.2, 0.25) is 0 Å². The van der Waals surface area contributed by atoms with Crippen LogP contribution in [0.15, 0.2) is 29.4 Å². The summed E-state index contributed by atoms with van der Waals surface area (Å²) in [6.07, 6.45) is 0.867. The Morgan fingerprint density at radius 2 is 2.43 bits per heavy atom. The maximum Gasteiger partial charge on any atom is 0.427 e. The van der Waals surface area contributed by atoms with Gasteiger partial charge in [-0.25, -0.2) is 10.2 Å². The molecule has 1 amide bonds. The van der Waals surface area contributed by atoms with Crippen molar-refractivity contribution in [3.63, 3.8) is 0 Å². The van der Waals surface area contributed by atoms with Crippen LogP contribution >= 0.6 is 11.6 Å². The van der Waals surface area contributed by atoms with E-state index in [4.69, 9.17) is 11.6 Å². The highest BCUT2D eigenvalue weighted by Gasteiger charge is 1.93. The Labute approximate surface area is 86.5 Å². The first-order valence-electron chi connectivity index (χ1n) is 3.85. The number of halogens is 1. The molecular weight excluding hydrogens is 204 g/mol. The molecule has 0 aliphatic heterocycles. The fraction of sp³-hybridized carbons (Fsp3) is 0.111. The van der Waals surface area contributed by atoms with E-state index in [1.54, 1.807) is 18.2 Å². The van der Waals surface area contributed by atoms with Crippen molar-refractivity contribution in [2.45, 2.75) is 0 Å². The molecular formula is C9H9ClN2O2. The molecule has 1 N–H and O–H groups in total. The van der Waals surface area contributed by atoms with Crippen molar-refractivity contribution in [3.8, 4) is 0 Å². The molecule has 1 rings (SSSR count). The van der Waals surface area contributed by atoms with Crippen LogP contribution in [0.1, 0.15) is 5.56 Å². The van der Waals surface area contributed by atoms with Crippen LogP contribution < -0.4 is 5.43 Å². The van der Waals surface area contributed by atoms with Gasteiger partial charge in [-0.1, -0.05) is 23.7 Å². The van der Waals surface area contributed by atoms with Gasteiger partial charge in [0.15, 0.2) is 0 Å². The molecule has 5 heteroatoms. The second kappa shape index (κ2) is 5.24. The topological polar surface area (TPSA) is 50.7 Å². The molecule has 1 aromatic carbocycles. The Hall–Kier alpha value is -1.55. The van der Waals surface area contributed by atoms with Crippen molar-refractivity contribution in [3.05, 3.63) is 34.9 Å². The van der Waals surface area contributed by atoms with Crippen molar-refractivity contribution < 1.29 is 9.53 Å². The van der Waals surface area contributed by atoms with Crippen LogP contribution in [-0.2, 0) is 4.74 Å². The van der Waals surface area contributed by atoms with Crippen molar-refractivity contribution in [2.75, 3.05) is 7.11 Å². The molecule has 0 aromatic heterocycles. The zero-order valence-electron chi connectivity index (χ0n) is 7.53. The predicted octanol–water partition coefficient (Wildman–Crippen LogP) is 2.03. The van der Waals surface area contributed by atoms with Crippen molar-refractivity contribution in [1.82, 2.24) is 5.43 Å². The van der Waals surface area contributed by atoms with Crippen LogP contribution in [0.5, 0.6) is 0 Å². The third-order valence-electron chi connectivity index (χ3n) is 1.40. The summed E-state index contributed by atoms with van der Waals surface area (Å²) < 4.78 is 4.32. The molecule has 0 saturated carbocycles. The Morgan fingerprint density at radius 3 is 3.07 bits per heavy atom. The number of nitrogens with zero attached hydrogens (tertiary/aromatic N) is 1. The summed E-state index contributed by atoms with van der Waals surface area (Å²) in [5.41, 5.74) is 2.97. The molecule has 0 spiro atoms. The zero-order valence-corrected chi connectivity index (χ0v) is 8.28. The Kier molecular flexibility index (Phi) is 3.94. The van der Waals surface area contributed by atoms with E-state index in [0.717, 1.165) is 5.56 Å². The maximum absolute atomic E-state index is 10.6. The minimum Gasteiger partial charge on any atom is -0.452 e. The fourth-order valence-electron chi connectivity index (χ4n) is 0.792. The third-order valence-corrected chi connectivity index (χ3v) is 1.64. The van der Waals surface area contributed by atoms with E-state index in [9.17, 15) is 4.79 Å². The highest BCUT2D eigenvalue weighted by molar-refractivity contribution is 6.30. The number of hydrogen-bond acceptors (Lipinski definition) is 3. The number of hydrogen-bond donors (Lipinski definition) is 1. The Bertz CT molecular complexity index is 352. The summed E-state index contributed by atoms with van der Waals surface area (Å²) in [4.78, 5) is 10.6. The van der Waals surface area contributed by atoms with Crippen LogP contribution in [0.2, 0.25) is 5.02 Å². The van der Waals surface area contributed by atoms with Crippen LogP contribution in [0, 0.1) is 0 Å². The minimum absolute atomic E-state index is 0.608. The van der Waals surface area contributed by atoms with Crippen LogP contribution in [0.4, 0.5) is 4.79 Å². The summed E-state index contributed by atoms with van der Waals surface area (Å²) in [6, 6.07) is 7.09. The van der Waals surface area contributed by atoms with Gasteiger partial charge >= 0.3 is 6.09 Å². The molecule has 74 valence electrons. The monoisotopic (exact) mass is 212 g/mol. The average Bonchev–Trinajstić information content (AvgIpc) is 2.17. The first kappa shape index (κ1) is 10.5. The van der Waals surface area contributed by atoms with Gasteiger partial charge in [-0.3, -0.25) is 0 Å². The number of ether oxygens (including phenoxy) is 1. The summed E-state index contributed by atoms with van der Waals surface area (Å²) in [7, 11) is 1.27. The first-order valence-corrected chi connectivity index (χ1v) is 4.23. The smallest absolute Gasteiger partial charge is 0.427 e. The second-order valence-electron chi connectivity index (χ2n) is 2.42. The molecule has 0 fully saturated rings. The number of amides is 1. The van der Waals surface area contributed by atoms with Gasteiger partial charge in [0.1, 0.15) is 0 Å². The average molecular weight is 213 g/mol. The summed E-state index contributed by atoms with van der Waals surface area (Å²) >= 11 is 5.74. The van der Waals surface area contributed by atoms with E-state index < -0.39 is 6.09 Å². The van der Waals surface area contributed by atoms with E-state index in [1.165, 1.54) is 13.3 Å². The summed E-state index contributed by atoms with van der Waals surface area (Å²) in [6.45, 7) is 0. The molecule has 14 heavy (non-hydrogen) atoms. The zero-order chi connectivity index (χ0) is 10.4. The van der Waals surface area contributed by atoms with Gasteiger partial charge in [0, 0.05) is 5.02 Å². The van der Waals surface area contributed by atoms with Gasteiger partial charge in [-0.05, 0) is 17.7 Å². The third kappa shape index (κ3) is 3.45. The SMILES string of the molecule is COC(=O)N/N=C/c1cccc(Cl)c1. The lowest BCUT2D eigenvalue weighted by atomic mass is 10.2. The number of carbonyl (C=O) groups is 1. The largest absolute Gasteiger partial charge is 0.452 e. The van der Waals surface area contributed by atoms with Gasteiger partial charge in [-0.2, -0.15) is 5.10 Å². The Morgan fingerprint density at radius 1 is 1.64 bits per heavy atom. The van der Waals surface area contributed by atoms with Crippen molar-refractivity contribution in [1.29, 1.82) is 0 Å². The number of methoxy groups -OCH3 is 1. The lowest BCUT2D eigenvalue weighted by molar-refractivity contribution is 0.171. The van der Waals surface area contributed by atoms with Gasteiger partial charge in [0.25, 0.3) is 0 Å². The fourth-order valence-corrected chi connectivity index (χ4v) is 0.991. The quantitative estimate of drug-likeness (QED) is 0.603. The van der Waals surface area contributed by atoms with Crippen LogP contribution in [-0.4, -0.2) is 19.4 Å². The normalized spacial score (nSPS) is 10.1. The molecule has 0 aliphatic rings. The van der Waals surface area contributed by atoms with Gasteiger partial charge < -0.3 is 4.74 Å². The van der Waals surface area contributed by atoms with E-state index in [0.29, 0.717) is 5.02 Å². The molecule has 0 saturated heterocycles. The molecule has 0 bridgehead atoms. The summed E-state index contributed by atoms with van der Waals surface area (Å²) in [5, 5.41) is 4.26. The standard InChI is InChI=1S/C9H9ClN2O2/c1-14-9(13)12-11-6-7-3-2-4-8(10)5-7/h2-6H,1H3,(H,12,13)/b11-6+. The second-order valence-corrected chi connectivity index (χ2v) is 2.85. The number of nitrogens with one attached hydrogen (secondary N) is 1. The number of benzene rings is 1. The molecule has 0 aliphatic carbocycles. The highest BCUT2D eigenvalue weighted by atomic mass is 35.5. The van der Waals surface area contributed by atoms with E-state index in [2.05, 4.69) is 15.3 Å². The lowest BCUT2D eigenvalue weighted by Gasteiger charge is -1.96. The molecule has 4 nitrogen and oxygen atoms in total. The molecule has 1 aromatic rings. The lowest BCUT2D eigenvalue weighted by Crippen LogP contribution is -2.16. The molecule has 0 atom stereocenters. The molecule has 0 heterocycles. The van der Waals surface area contributed by atoms with Crippen LogP contribution in [0.25, 0.3) is 0 Å². The van der Waals surface area contributed by atoms with E-state index in [-0.39, 0.29) is 0 Å². The summed E-state index contributed by atoms with van der Waals surface area (Å²) in [5.74, 6) is 0. The van der Waals surface area contributed by atoms with Crippen molar-refractivity contribution >= 4 is 23.9 Å². The molecule has 0 unspecified atom stereocenters. The Balaban J connectivity index is 2.56. The number of carbonyl (C=O) groups excluding carboxylic acids is 1. The maximum atomic E-state index is 10.6. The first-order chi connectivity index (χ1) is 6.72. The van der Waals surface area contributed by atoms with Gasteiger partial charge in [0.05, 0.1) is 13.3 Å². The number of hydrazone groups is 1. The predicted molar refractivity (Wildman–Crippen MR) is 54.6 cm³/mol. The van der Waals surface area contributed by atoms with E-state index >= 15 is 0 Å². The molecule has 0 radical (unpaired) electrons. The number of rotatable bonds is 2. The minimum atomic E-state index is -0.608.